The Hall–Kier alpha value is -1.66. The molecule has 0 spiro atoms. The van der Waals surface area contributed by atoms with Crippen molar-refractivity contribution < 1.29 is 4.52 Å². The topological polar surface area (TPSA) is 51.0 Å². The molecule has 0 radical (unpaired) electrons. The van der Waals surface area contributed by atoms with Crippen LogP contribution in [-0.4, -0.2) is 10.1 Å². The maximum atomic E-state index is 5.32. The number of anilines is 1. The van der Waals surface area contributed by atoms with Gasteiger partial charge in [-0.2, -0.15) is 4.98 Å². The molecule has 0 aliphatic carbocycles. The van der Waals surface area contributed by atoms with Gasteiger partial charge in [0.25, 0.3) is 0 Å². The van der Waals surface area contributed by atoms with Gasteiger partial charge in [0.2, 0.25) is 11.7 Å². The summed E-state index contributed by atoms with van der Waals surface area (Å²) in [5.41, 5.74) is 1.01. The molecule has 1 unspecified atom stereocenters. The first kappa shape index (κ1) is 13.3. The molecule has 0 saturated heterocycles. The van der Waals surface area contributed by atoms with Crippen LogP contribution in [0.1, 0.15) is 18.9 Å². The first-order chi connectivity index (χ1) is 9.72. The molecule has 1 N–H and O–H groups in total. The molecule has 20 heavy (non-hydrogen) atoms. The summed E-state index contributed by atoms with van der Waals surface area (Å²) < 4.78 is 6.37. The summed E-state index contributed by atoms with van der Waals surface area (Å²) in [6, 6.07) is 11.9. The van der Waals surface area contributed by atoms with E-state index in [9.17, 15) is 0 Å². The van der Waals surface area contributed by atoms with E-state index in [0.29, 0.717) is 11.7 Å². The third kappa shape index (κ3) is 2.91. The van der Waals surface area contributed by atoms with Crippen molar-refractivity contribution in [3.05, 3.63) is 52.1 Å². The molecule has 1 atom stereocenters. The first-order valence-electron chi connectivity index (χ1n) is 6.12. The summed E-state index contributed by atoms with van der Waals surface area (Å²) in [5.74, 6) is 1.22. The zero-order valence-electron chi connectivity index (χ0n) is 10.7. The molecule has 102 valence electrons. The number of nitrogens with one attached hydrogen (secondary N) is 1. The van der Waals surface area contributed by atoms with E-state index in [1.807, 2.05) is 48.7 Å². The smallest absolute Gasteiger partial charge is 0.249 e. The van der Waals surface area contributed by atoms with Crippen LogP contribution in [0.4, 0.5) is 5.69 Å². The Morgan fingerprint density at radius 3 is 2.75 bits per heavy atom. The van der Waals surface area contributed by atoms with E-state index in [-0.39, 0.29) is 6.04 Å². The number of hydrogen-bond acceptors (Lipinski definition) is 5. The van der Waals surface area contributed by atoms with E-state index in [1.165, 1.54) is 0 Å². The lowest BCUT2D eigenvalue weighted by Gasteiger charge is -2.10. The molecule has 3 aromatic rings. The Labute approximate surface area is 129 Å². The van der Waals surface area contributed by atoms with Gasteiger partial charge in [-0.1, -0.05) is 27.2 Å². The van der Waals surface area contributed by atoms with Crippen LogP contribution in [0.2, 0.25) is 0 Å². The number of hydrogen-bond donors (Lipinski definition) is 1. The van der Waals surface area contributed by atoms with Crippen molar-refractivity contribution in [2.75, 3.05) is 5.32 Å². The number of benzene rings is 1. The third-order valence-corrected chi connectivity index (χ3v) is 4.18. The summed E-state index contributed by atoms with van der Waals surface area (Å²) in [6.07, 6.45) is 0. The summed E-state index contributed by atoms with van der Waals surface area (Å²) in [4.78, 5) is 5.44. The molecule has 0 fully saturated rings. The Morgan fingerprint density at radius 1 is 1.25 bits per heavy atom. The van der Waals surface area contributed by atoms with Crippen LogP contribution in [0.15, 0.2) is 50.8 Å². The highest BCUT2D eigenvalue weighted by atomic mass is 79.9. The van der Waals surface area contributed by atoms with Gasteiger partial charge in [-0.3, -0.25) is 0 Å². The fraction of sp³-hybridized carbons (Fsp3) is 0.143. The molecule has 0 saturated carbocycles. The lowest BCUT2D eigenvalue weighted by molar-refractivity contribution is 0.368. The quantitative estimate of drug-likeness (QED) is 0.739. The highest BCUT2D eigenvalue weighted by molar-refractivity contribution is 9.10. The van der Waals surface area contributed by atoms with Crippen LogP contribution in [0, 0.1) is 0 Å². The van der Waals surface area contributed by atoms with Crippen molar-refractivity contribution in [1.29, 1.82) is 0 Å². The van der Waals surface area contributed by atoms with Crippen molar-refractivity contribution in [1.82, 2.24) is 10.1 Å². The summed E-state index contributed by atoms with van der Waals surface area (Å²) in [5, 5.41) is 9.34. The molecule has 6 heteroatoms. The average molecular weight is 350 g/mol. The van der Waals surface area contributed by atoms with Crippen LogP contribution < -0.4 is 5.32 Å². The molecule has 4 nitrogen and oxygen atoms in total. The Balaban J connectivity index is 1.74. The molecule has 3 rings (SSSR count). The number of aromatic nitrogens is 2. The lowest BCUT2D eigenvalue weighted by Crippen LogP contribution is -2.06. The monoisotopic (exact) mass is 349 g/mol. The fourth-order valence-corrected chi connectivity index (χ4v) is 2.69. The van der Waals surface area contributed by atoms with Crippen molar-refractivity contribution in [3.63, 3.8) is 0 Å². The standard InChI is InChI=1S/C14H12BrN3OS/c1-9(16-11-6-4-10(15)5-7-11)14-17-13(18-19-14)12-3-2-8-20-12/h2-9,16H,1H3. The van der Waals surface area contributed by atoms with Gasteiger partial charge in [-0.15, -0.1) is 11.3 Å². The molecule has 2 heterocycles. The Kier molecular flexibility index (Phi) is 3.84. The largest absolute Gasteiger partial charge is 0.374 e. The minimum Gasteiger partial charge on any atom is -0.374 e. The van der Waals surface area contributed by atoms with Gasteiger partial charge in [-0.25, -0.2) is 0 Å². The number of nitrogens with zero attached hydrogens (tertiary/aromatic N) is 2. The van der Waals surface area contributed by atoms with Gasteiger partial charge in [-0.05, 0) is 42.6 Å². The average Bonchev–Trinajstić information content (AvgIpc) is 3.11. The highest BCUT2D eigenvalue weighted by Gasteiger charge is 2.15. The van der Waals surface area contributed by atoms with E-state index in [2.05, 4.69) is 31.4 Å². The van der Waals surface area contributed by atoms with Crippen molar-refractivity contribution in [3.8, 4) is 10.7 Å². The van der Waals surface area contributed by atoms with Crippen LogP contribution in [-0.2, 0) is 0 Å². The Bertz CT molecular complexity index is 679. The van der Waals surface area contributed by atoms with Crippen LogP contribution in [0.3, 0.4) is 0 Å². The van der Waals surface area contributed by atoms with Crippen molar-refractivity contribution in [2.45, 2.75) is 13.0 Å². The maximum Gasteiger partial charge on any atom is 0.249 e. The van der Waals surface area contributed by atoms with Crippen molar-refractivity contribution in [2.24, 2.45) is 0 Å². The van der Waals surface area contributed by atoms with Gasteiger partial charge < -0.3 is 9.84 Å². The summed E-state index contributed by atoms with van der Waals surface area (Å²) in [7, 11) is 0. The predicted molar refractivity (Wildman–Crippen MR) is 83.8 cm³/mol. The summed E-state index contributed by atoms with van der Waals surface area (Å²) >= 11 is 5.01. The highest BCUT2D eigenvalue weighted by Crippen LogP contribution is 2.25. The normalized spacial score (nSPS) is 12.3. The van der Waals surface area contributed by atoms with E-state index >= 15 is 0 Å². The van der Waals surface area contributed by atoms with Gasteiger partial charge in [0, 0.05) is 10.2 Å². The van der Waals surface area contributed by atoms with Gasteiger partial charge in [0.1, 0.15) is 6.04 Å². The van der Waals surface area contributed by atoms with E-state index in [4.69, 9.17) is 4.52 Å². The molecule has 0 aliphatic heterocycles. The zero-order valence-corrected chi connectivity index (χ0v) is 13.1. The van der Waals surface area contributed by atoms with Crippen LogP contribution in [0.5, 0.6) is 0 Å². The second kappa shape index (κ2) is 5.76. The minimum atomic E-state index is -0.0441. The second-order valence-corrected chi connectivity index (χ2v) is 6.17. The Morgan fingerprint density at radius 2 is 2.05 bits per heavy atom. The minimum absolute atomic E-state index is 0.0441. The molecule has 0 aliphatic rings. The maximum absolute atomic E-state index is 5.32. The molecule has 1 aromatic carbocycles. The fourth-order valence-electron chi connectivity index (χ4n) is 1.77. The molecular weight excluding hydrogens is 338 g/mol. The SMILES string of the molecule is CC(Nc1ccc(Br)cc1)c1nc(-c2cccs2)no1. The lowest BCUT2D eigenvalue weighted by atomic mass is 10.2. The summed E-state index contributed by atoms with van der Waals surface area (Å²) in [6.45, 7) is 1.99. The second-order valence-electron chi connectivity index (χ2n) is 4.31. The van der Waals surface area contributed by atoms with Crippen LogP contribution in [0.25, 0.3) is 10.7 Å². The van der Waals surface area contributed by atoms with Gasteiger partial charge in [0.15, 0.2) is 0 Å². The van der Waals surface area contributed by atoms with Gasteiger partial charge >= 0.3 is 0 Å². The third-order valence-electron chi connectivity index (χ3n) is 2.78. The van der Waals surface area contributed by atoms with E-state index in [0.717, 1.165) is 15.0 Å². The molecule has 2 aromatic heterocycles. The molecule has 0 bridgehead atoms. The zero-order chi connectivity index (χ0) is 13.9. The molecule has 0 amide bonds. The van der Waals surface area contributed by atoms with E-state index in [1.54, 1.807) is 11.3 Å². The number of thiophene rings is 1. The van der Waals surface area contributed by atoms with Crippen molar-refractivity contribution >= 4 is 33.0 Å². The van der Waals surface area contributed by atoms with Gasteiger partial charge in [0.05, 0.1) is 4.88 Å². The first-order valence-corrected chi connectivity index (χ1v) is 7.79. The molecular formula is C14H12BrN3OS. The van der Waals surface area contributed by atoms with E-state index < -0.39 is 0 Å². The number of rotatable bonds is 4. The van der Waals surface area contributed by atoms with Crippen LogP contribution >= 0.6 is 27.3 Å². The number of halogens is 1. The predicted octanol–water partition coefficient (Wildman–Crippen LogP) is 4.73.